The molecule has 0 saturated carbocycles. The minimum atomic E-state index is -3.11. The molecule has 0 spiro atoms. The second kappa shape index (κ2) is 11.6. The summed E-state index contributed by atoms with van der Waals surface area (Å²) in [5.41, 5.74) is 4.18. The molecule has 0 aromatic heterocycles. The van der Waals surface area contributed by atoms with Gasteiger partial charge in [0.05, 0.1) is 6.26 Å². The number of nitrogens with one attached hydrogen (secondary N) is 1. The standard InChI is InChI=1S/C27H38N4O3S/c1-22-5-4-12-30(19-22)21-25-7-3-6-24(17-25)18-28-27(32)26-10-8-23(9-11-26)20-29-13-15-31(16-14-29)35(2,33)34/h3,6-11,17,22H,4-5,12-16,18-21H2,1-2H3,(H,28,32). The van der Waals surface area contributed by atoms with Crippen molar-refractivity contribution >= 4 is 15.9 Å². The summed E-state index contributed by atoms with van der Waals surface area (Å²) in [5, 5.41) is 3.05. The molecule has 2 saturated heterocycles. The first-order valence-corrected chi connectivity index (χ1v) is 14.5. The Morgan fingerprint density at radius 2 is 1.60 bits per heavy atom. The average Bonchev–Trinajstić information content (AvgIpc) is 2.83. The number of hydrogen-bond donors (Lipinski definition) is 1. The summed E-state index contributed by atoms with van der Waals surface area (Å²) in [6, 6.07) is 16.2. The van der Waals surface area contributed by atoms with Crippen LogP contribution in [0.3, 0.4) is 0 Å². The minimum Gasteiger partial charge on any atom is -0.348 e. The van der Waals surface area contributed by atoms with Gasteiger partial charge in [-0.25, -0.2) is 8.42 Å². The molecular weight excluding hydrogens is 460 g/mol. The predicted octanol–water partition coefficient (Wildman–Crippen LogP) is 2.93. The van der Waals surface area contributed by atoms with Crippen molar-refractivity contribution in [3.8, 4) is 0 Å². The lowest BCUT2D eigenvalue weighted by Crippen LogP contribution is -2.47. The molecule has 1 unspecified atom stereocenters. The molecule has 1 N–H and O–H groups in total. The molecule has 0 aliphatic carbocycles. The van der Waals surface area contributed by atoms with Crippen molar-refractivity contribution in [3.63, 3.8) is 0 Å². The van der Waals surface area contributed by atoms with E-state index in [2.05, 4.69) is 46.3 Å². The number of amides is 1. The van der Waals surface area contributed by atoms with E-state index in [0.717, 1.165) is 43.2 Å². The summed E-state index contributed by atoms with van der Waals surface area (Å²) in [4.78, 5) is 17.5. The number of carbonyl (C=O) groups is 1. The van der Waals surface area contributed by atoms with Gasteiger partial charge in [-0.2, -0.15) is 4.31 Å². The highest BCUT2D eigenvalue weighted by Crippen LogP contribution is 2.18. The smallest absolute Gasteiger partial charge is 0.251 e. The van der Waals surface area contributed by atoms with E-state index in [1.165, 1.54) is 29.0 Å². The molecule has 7 nitrogen and oxygen atoms in total. The van der Waals surface area contributed by atoms with E-state index in [1.807, 2.05) is 24.3 Å². The van der Waals surface area contributed by atoms with Gasteiger partial charge >= 0.3 is 0 Å². The maximum atomic E-state index is 12.7. The lowest BCUT2D eigenvalue weighted by atomic mass is 9.99. The Morgan fingerprint density at radius 3 is 2.29 bits per heavy atom. The van der Waals surface area contributed by atoms with E-state index in [9.17, 15) is 13.2 Å². The fourth-order valence-electron chi connectivity index (χ4n) is 5.05. The van der Waals surface area contributed by atoms with Crippen molar-refractivity contribution in [2.45, 2.75) is 39.4 Å². The molecule has 190 valence electrons. The van der Waals surface area contributed by atoms with Crippen LogP contribution in [0.2, 0.25) is 0 Å². The number of carbonyl (C=O) groups excluding carboxylic acids is 1. The molecule has 0 bridgehead atoms. The van der Waals surface area contributed by atoms with Crippen molar-refractivity contribution < 1.29 is 13.2 Å². The quantitative estimate of drug-likeness (QED) is 0.606. The summed E-state index contributed by atoms with van der Waals surface area (Å²) in [6.45, 7) is 9.36. The van der Waals surface area contributed by atoms with Crippen LogP contribution in [-0.4, -0.2) is 74.0 Å². The summed E-state index contributed by atoms with van der Waals surface area (Å²) in [6.07, 6.45) is 3.86. The first-order chi connectivity index (χ1) is 16.8. The maximum Gasteiger partial charge on any atom is 0.251 e. The molecule has 2 aliphatic heterocycles. The van der Waals surface area contributed by atoms with Crippen LogP contribution in [0.4, 0.5) is 0 Å². The van der Waals surface area contributed by atoms with Crippen molar-refractivity contribution in [2.24, 2.45) is 5.92 Å². The molecular formula is C27H38N4O3S. The van der Waals surface area contributed by atoms with Gasteiger partial charge in [0, 0.05) is 57.9 Å². The molecule has 2 aromatic carbocycles. The topological polar surface area (TPSA) is 73.0 Å². The number of sulfonamides is 1. The highest BCUT2D eigenvalue weighted by atomic mass is 32.2. The molecule has 2 aromatic rings. The van der Waals surface area contributed by atoms with Gasteiger partial charge in [0.15, 0.2) is 0 Å². The van der Waals surface area contributed by atoms with Crippen LogP contribution < -0.4 is 5.32 Å². The van der Waals surface area contributed by atoms with Crippen LogP contribution in [0.1, 0.15) is 46.8 Å². The van der Waals surface area contributed by atoms with Gasteiger partial charge < -0.3 is 5.32 Å². The molecule has 2 heterocycles. The summed E-state index contributed by atoms with van der Waals surface area (Å²) < 4.78 is 24.9. The molecule has 1 atom stereocenters. The average molecular weight is 499 g/mol. The number of piperidine rings is 1. The van der Waals surface area contributed by atoms with E-state index in [4.69, 9.17) is 0 Å². The van der Waals surface area contributed by atoms with Gasteiger partial charge in [0.25, 0.3) is 5.91 Å². The fraction of sp³-hybridized carbons (Fsp3) is 0.519. The van der Waals surface area contributed by atoms with E-state index in [0.29, 0.717) is 38.3 Å². The van der Waals surface area contributed by atoms with E-state index < -0.39 is 10.0 Å². The first-order valence-electron chi connectivity index (χ1n) is 12.6. The predicted molar refractivity (Wildman–Crippen MR) is 139 cm³/mol. The zero-order valence-electron chi connectivity index (χ0n) is 20.9. The van der Waals surface area contributed by atoms with Gasteiger partial charge in [0.1, 0.15) is 0 Å². The zero-order valence-corrected chi connectivity index (χ0v) is 21.8. The van der Waals surface area contributed by atoms with Gasteiger partial charge in [0.2, 0.25) is 10.0 Å². The minimum absolute atomic E-state index is 0.0754. The van der Waals surface area contributed by atoms with Gasteiger partial charge in [-0.3, -0.25) is 14.6 Å². The Hall–Kier alpha value is -2.26. The Morgan fingerprint density at radius 1 is 0.914 bits per heavy atom. The lowest BCUT2D eigenvalue weighted by molar-refractivity contribution is 0.0951. The third-order valence-electron chi connectivity index (χ3n) is 7.01. The number of nitrogens with zero attached hydrogens (tertiary/aromatic N) is 3. The number of rotatable bonds is 8. The molecule has 35 heavy (non-hydrogen) atoms. The Bertz CT molecular complexity index is 1100. The molecule has 4 rings (SSSR count). The SMILES string of the molecule is CC1CCCN(Cc2cccc(CNC(=O)c3ccc(CN4CCN(S(C)(=O)=O)CC4)cc3)c2)C1. The van der Waals surface area contributed by atoms with E-state index in [1.54, 1.807) is 0 Å². The molecule has 0 radical (unpaired) electrons. The largest absolute Gasteiger partial charge is 0.348 e. The second-order valence-electron chi connectivity index (χ2n) is 10.1. The molecule has 8 heteroatoms. The van der Waals surface area contributed by atoms with Crippen molar-refractivity contribution in [3.05, 3.63) is 70.8 Å². The third-order valence-corrected chi connectivity index (χ3v) is 8.32. The highest BCUT2D eigenvalue weighted by molar-refractivity contribution is 7.88. The molecule has 2 fully saturated rings. The Balaban J connectivity index is 1.24. The third kappa shape index (κ3) is 7.61. The van der Waals surface area contributed by atoms with Crippen molar-refractivity contribution in [2.75, 3.05) is 45.5 Å². The van der Waals surface area contributed by atoms with Crippen LogP contribution in [0.25, 0.3) is 0 Å². The summed E-state index contributed by atoms with van der Waals surface area (Å²) in [5.74, 6) is 0.691. The van der Waals surface area contributed by atoms with Gasteiger partial charge in [-0.05, 0) is 54.1 Å². The summed E-state index contributed by atoms with van der Waals surface area (Å²) >= 11 is 0. The second-order valence-corrected chi connectivity index (χ2v) is 12.1. The van der Waals surface area contributed by atoms with E-state index >= 15 is 0 Å². The molecule has 2 aliphatic rings. The van der Waals surface area contributed by atoms with E-state index in [-0.39, 0.29) is 5.91 Å². The van der Waals surface area contributed by atoms with Crippen LogP contribution in [0.5, 0.6) is 0 Å². The first kappa shape index (κ1) is 25.8. The molecule has 1 amide bonds. The Kier molecular flexibility index (Phi) is 8.59. The number of likely N-dealkylation sites (tertiary alicyclic amines) is 1. The van der Waals surface area contributed by atoms with Crippen molar-refractivity contribution in [1.82, 2.24) is 19.4 Å². The number of piperazine rings is 1. The summed E-state index contributed by atoms with van der Waals surface area (Å²) in [7, 11) is -3.11. The van der Waals surface area contributed by atoms with Crippen LogP contribution in [0, 0.1) is 5.92 Å². The normalized spacial score (nSPS) is 20.6. The fourth-order valence-corrected chi connectivity index (χ4v) is 5.88. The van der Waals surface area contributed by atoms with Gasteiger partial charge in [-0.1, -0.05) is 43.3 Å². The lowest BCUT2D eigenvalue weighted by Gasteiger charge is -2.33. The number of hydrogen-bond acceptors (Lipinski definition) is 5. The zero-order chi connectivity index (χ0) is 24.8. The van der Waals surface area contributed by atoms with Crippen LogP contribution in [0.15, 0.2) is 48.5 Å². The maximum absolute atomic E-state index is 12.7. The van der Waals surface area contributed by atoms with Gasteiger partial charge in [-0.15, -0.1) is 0 Å². The van der Waals surface area contributed by atoms with Crippen molar-refractivity contribution in [1.29, 1.82) is 0 Å². The van der Waals surface area contributed by atoms with Crippen LogP contribution >= 0.6 is 0 Å². The number of benzene rings is 2. The highest BCUT2D eigenvalue weighted by Gasteiger charge is 2.23. The monoisotopic (exact) mass is 498 g/mol. The van der Waals surface area contributed by atoms with Crippen LogP contribution in [-0.2, 0) is 29.7 Å². The Labute approximate surface area is 210 Å².